The van der Waals surface area contributed by atoms with Gasteiger partial charge in [0.05, 0.1) is 12.7 Å². The summed E-state index contributed by atoms with van der Waals surface area (Å²) < 4.78 is 16.2. The van der Waals surface area contributed by atoms with Gasteiger partial charge in [-0.15, -0.1) is 11.3 Å². The lowest BCUT2D eigenvalue weighted by atomic mass is 10.1. The number of aromatic nitrogens is 1. The largest absolute Gasteiger partial charge is 0.493 e. The van der Waals surface area contributed by atoms with E-state index in [0.29, 0.717) is 33.3 Å². The first-order valence-electron chi connectivity index (χ1n) is 8.67. The minimum absolute atomic E-state index is 0.142. The molecule has 8 heteroatoms. The fraction of sp³-hybridized carbons (Fsp3) is 0.0952. The number of ether oxygens (including phenoxy) is 2. The standard InChI is InChI=1S/C21H16N2O5S/c1-26-17-4-2-3-14-11-16(20(25)28-19(14)17)13-5-7-15(8-6-13)27-12-18(24)23-21-22-9-10-29-21/h2-11H,12H2,1H3,(H,22,23,24). The first-order chi connectivity index (χ1) is 14.1. The highest BCUT2D eigenvalue weighted by Gasteiger charge is 2.11. The molecule has 2 aromatic carbocycles. The van der Waals surface area contributed by atoms with Crippen LogP contribution in [0.4, 0.5) is 5.13 Å². The number of fused-ring (bicyclic) bond motifs is 1. The summed E-state index contributed by atoms with van der Waals surface area (Å²) in [5.41, 5.74) is 1.07. The van der Waals surface area contributed by atoms with E-state index in [1.54, 1.807) is 48.0 Å². The van der Waals surface area contributed by atoms with Crippen LogP contribution in [0.1, 0.15) is 0 Å². The summed E-state index contributed by atoms with van der Waals surface area (Å²) >= 11 is 1.33. The second kappa shape index (κ2) is 8.15. The molecule has 0 aliphatic heterocycles. The van der Waals surface area contributed by atoms with Crippen LogP contribution in [0.25, 0.3) is 22.1 Å². The monoisotopic (exact) mass is 408 g/mol. The molecule has 7 nitrogen and oxygen atoms in total. The van der Waals surface area contributed by atoms with E-state index in [9.17, 15) is 9.59 Å². The molecule has 2 heterocycles. The zero-order valence-electron chi connectivity index (χ0n) is 15.4. The van der Waals surface area contributed by atoms with E-state index < -0.39 is 5.63 Å². The molecule has 0 aliphatic carbocycles. The van der Waals surface area contributed by atoms with Gasteiger partial charge in [-0.3, -0.25) is 10.1 Å². The number of rotatable bonds is 6. The Balaban J connectivity index is 1.49. The zero-order valence-corrected chi connectivity index (χ0v) is 16.2. The van der Waals surface area contributed by atoms with Crippen molar-refractivity contribution < 1.29 is 18.7 Å². The van der Waals surface area contributed by atoms with Crippen LogP contribution in [0.2, 0.25) is 0 Å². The predicted molar refractivity (Wildman–Crippen MR) is 111 cm³/mol. The van der Waals surface area contributed by atoms with E-state index in [1.165, 1.54) is 18.4 Å². The molecule has 0 aliphatic rings. The molecule has 0 spiro atoms. The number of carbonyl (C=O) groups is 1. The summed E-state index contributed by atoms with van der Waals surface area (Å²) in [6.07, 6.45) is 1.61. The lowest BCUT2D eigenvalue weighted by Crippen LogP contribution is -2.19. The Labute approximate surface area is 169 Å². The molecule has 0 bridgehead atoms. The highest BCUT2D eigenvalue weighted by molar-refractivity contribution is 7.13. The van der Waals surface area contributed by atoms with E-state index in [2.05, 4.69) is 10.3 Å². The third-order valence-electron chi connectivity index (χ3n) is 4.16. The van der Waals surface area contributed by atoms with Crippen LogP contribution < -0.4 is 20.4 Å². The molecular weight excluding hydrogens is 392 g/mol. The summed E-state index contributed by atoms with van der Waals surface area (Å²) in [5, 5.41) is 5.70. The van der Waals surface area contributed by atoms with Crippen molar-refractivity contribution in [1.29, 1.82) is 0 Å². The van der Waals surface area contributed by atoms with Gasteiger partial charge in [-0.25, -0.2) is 9.78 Å². The van der Waals surface area contributed by atoms with Gasteiger partial charge in [0.1, 0.15) is 5.75 Å². The zero-order chi connectivity index (χ0) is 20.2. The Morgan fingerprint density at radius 3 is 2.76 bits per heavy atom. The number of amides is 1. The van der Waals surface area contributed by atoms with Gasteiger partial charge in [0.25, 0.3) is 5.91 Å². The van der Waals surface area contributed by atoms with Gasteiger partial charge >= 0.3 is 5.63 Å². The molecule has 0 radical (unpaired) electrons. The summed E-state index contributed by atoms with van der Waals surface area (Å²) in [5.74, 6) is 0.717. The molecule has 1 N–H and O–H groups in total. The number of thiazole rings is 1. The van der Waals surface area contributed by atoms with Crippen LogP contribution >= 0.6 is 11.3 Å². The molecule has 0 saturated carbocycles. The van der Waals surface area contributed by atoms with Gasteiger partial charge in [0.2, 0.25) is 0 Å². The predicted octanol–water partition coefficient (Wildman–Crippen LogP) is 3.94. The van der Waals surface area contributed by atoms with Gasteiger partial charge in [-0.1, -0.05) is 24.3 Å². The average molecular weight is 408 g/mol. The first-order valence-corrected chi connectivity index (χ1v) is 9.55. The highest BCUT2D eigenvalue weighted by atomic mass is 32.1. The van der Waals surface area contributed by atoms with E-state index in [1.807, 2.05) is 12.1 Å². The maximum Gasteiger partial charge on any atom is 0.344 e. The quantitative estimate of drug-likeness (QED) is 0.486. The van der Waals surface area contributed by atoms with E-state index in [0.717, 1.165) is 5.39 Å². The van der Waals surface area contributed by atoms with Crippen LogP contribution in [-0.2, 0) is 4.79 Å². The highest BCUT2D eigenvalue weighted by Crippen LogP contribution is 2.28. The molecule has 1 amide bonds. The summed E-state index contributed by atoms with van der Waals surface area (Å²) in [6, 6.07) is 14.1. The fourth-order valence-electron chi connectivity index (χ4n) is 2.80. The molecule has 4 aromatic rings. The van der Waals surface area contributed by atoms with Crippen LogP contribution in [0, 0.1) is 0 Å². The van der Waals surface area contributed by atoms with Crippen molar-refractivity contribution in [1.82, 2.24) is 4.98 Å². The Hall–Kier alpha value is -3.65. The van der Waals surface area contributed by atoms with Gasteiger partial charge < -0.3 is 13.9 Å². The van der Waals surface area contributed by atoms with Gasteiger partial charge in [0, 0.05) is 17.0 Å². The number of nitrogens with zero attached hydrogens (tertiary/aromatic N) is 1. The van der Waals surface area contributed by atoms with Crippen molar-refractivity contribution in [2.24, 2.45) is 0 Å². The number of carbonyl (C=O) groups excluding carboxylic acids is 1. The number of methoxy groups -OCH3 is 1. The molecule has 146 valence electrons. The first kappa shape index (κ1) is 18.7. The molecule has 0 saturated heterocycles. The Kier molecular flexibility index (Phi) is 5.26. The van der Waals surface area contributed by atoms with Crippen molar-refractivity contribution >= 4 is 33.3 Å². The molecule has 0 atom stereocenters. The maximum absolute atomic E-state index is 12.4. The lowest BCUT2D eigenvalue weighted by Gasteiger charge is -2.08. The number of anilines is 1. The van der Waals surface area contributed by atoms with E-state index in [-0.39, 0.29) is 12.5 Å². The molecule has 4 rings (SSSR count). The van der Waals surface area contributed by atoms with Crippen LogP contribution in [0.5, 0.6) is 11.5 Å². The minimum Gasteiger partial charge on any atom is -0.493 e. The van der Waals surface area contributed by atoms with Gasteiger partial charge in [-0.2, -0.15) is 0 Å². The Bertz CT molecular complexity index is 1200. The second-order valence-corrected chi connectivity index (χ2v) is 6.92. The van der Waals surface area contributed by atoms with Crippen molar-refractivity contribution in [3.05, 3.63) is 70.5 Å². The lowest BCUT2D eigenvalue weighted by molar-refractivity contribution is -0.118. The summed E-state index contributed by atoms with van der Waals surface area (Å²) in [4.78, 5) is 28.3. The number of nitrogens with one attached hydrogen (secondary N) is 1. The molecule has 0 unspecified atom stereocenters. The van der Waals surface area contributed by atoms with Crippen LogP contribution in [0.3, 0.4) is 0 Å². The SMILES string of the molecule is COc1cccc2cc(-c3ccc(OCC(=O)Nc4nccs4)cc3)c(=O)oc12. The van der Waals surface area contributed by atoms with Gasteiger partial charge in [0.15, 0.2) is 23.1 Å². The topological polar surface area (TPSA) is 90.7 Å². The fourth-order valence-corrected chi connectivity index (χ4v) is 3.34. The second-order valence-electron chi connectivity index (χ2n) is 6.02. The Morgan fingerprint density at radius 2 is 2.03 bits per heavy atom. The average Bonchev–Trinajstić information content (AvgIpc) is 3.25. The number of para-hydroxylation sites is 1. The van der Waals surface area contributed by atoms with E-state index in [4.69, 9.17) is 13.9 Å². The summed E-state index contributed by atoms with van der Waals surface area (Å²) in [7, 11) is 1.53. The van der Waals surface area contributed by atoms with Crippen molar-refractivity contribution in [2.75, 3.05) is 19.0 Å². The number of benzene rings is 2. The number of hydrogen-bond acceptors (Lipinski definition) is 7. The molecule has 2 aromatic heterocycles. The number of hydrogen-bond donors (Lipinski definition) is 1. The Morgan fingerprint density at radius 1 is 1.21 bits per heavy atom. The van der Waals surface area contributed by atoms with Crippen molar-refractivity contribution in [3.63, 3.8) is 0 Å². The molecule has 0 fully saturated rings. The third kappa shape index (κ3) is 4.12. The molecule has 29 heavy (non-hydrogen) atoms. The van der Waals surface area contributed by atoms with Crippen LogP contribution in [-0.4, -0.2) is 24.6 Å². The van der Waals surface area contributed by atoms with Crippen LogP contribution in [0.15, 0.2) is 69.3 Å². The normalized spacial score (nSPS) is 10.7. The molecular formula is C21H16N2O5S. The third-order valence-corrected chi connectivity index (χ3v) is 4.85. The van der Waals surface area contributed by atoms with Gasteiger partial charge in [-0.05, 0) is 29.8 Å². The van der Waals surface area contributed by atoms with Crippen molar-refractivity contribution in [3.8, 4) is 22.6 Å². The smallest absolute Gasteiger partial charge is 0.344 e. The summed E-state index contributed by atoms with van der Waals surface area (Å²) in [6.45, 7) is -0.142. The minimum atomic E-state index is -0.460. The van der Waals surface area contributed by atoms with E-state index >= 15 is 0 Å². The van der Waals surface area contributed by atoms with Crippen molar-refractivity contribution in [2.45, 2.75) is 0 Å². The maximum atomic E-state index is 12.4.